The fourth-order valence-corrected chi connectivity index (χ4v) is 5.19. The van der Waals surface area contributed by atoms with E-state index in [1.165, 1.54) is 5.56 Å². The van der Waals surface area contributed by atoms with Crippen LogP contribution in [0.5, 0.6) is 0 Å². The Hall–Kier alpha value is -3.08. The highest BCUT2D eigenvalue weighted by Gasteiger charge is 2.47. The second kappa shape index (κ2) is 7.56. The third-order valence-corrected chi connectivity index (χ3v) is 6.75. The number of nitrogens with one attached hydrogen (secondary N) is 1. The van der Waals surface area contributed by atoms with E-state index in [0.717, 1.165) is 34.1 Å². The van der Waals surface area contributed by atoms with Crippen LogP contribution >= 0.6 is 0 Å². The second-order valence-corrected chi connectivity index (χ2v) is 9.07. The Bertz CT molecular complexity index is 1150. The lowest BCUT2D eigenvalue weighted by Crippen LogP contribution is -2.63. The van der Waals surface area contributed by atoms with Gasteiger partial charge in [0, 0.05) is 29.6 Å². The minimum Gasteiger partial charge on any atom is -0.356 e. The predicted octanol–water partition coefficient (Wildman–Crippen LogP) is 4.39. The summed E-state index contributed by atoms with van der Waals surface area (Å²) < 4.78 is 0. The van der Waals surface area contributed by atoms with Crippen molar-refractivity contribution in [2.24, 2.45) is 0 Å². The third-order valence-electron chi connectivity index (χ3n) is 6.75. The van der Waals surface area contributed by atoms with Gasteiger partial charge < -0.3 is 14.8 Å². The van der Waals surface area contributed by atoms with Gasteiger partial charge in [0.2, 0.25) is 11.8 Å². The summed E-state index contributed by atoms with van der Waals surface area (Å²) in [5, 5.41) is 1.15. The van der Waals surface area contributed by atoms with E-state index in [4.69, 9.17) is 0 Å². The van der Waals surface area contributed by atoms with Crippen molar-refractivity contribution in [3.63, 3.8) is 0 Å². The number of fused-ring (bicyclic) bond motifs is 4. The van der Waals surface area contributed by atoms with Gasteiger partial charge >= 0.3 is 0 Å². The van der Waals surface area contributed by atoms with Crippen LogP contribution in [0.2, 0.25) is 0 Å². The molecule has 3 heterocycles. The molecule has 0 saturated carbocycles. The molecule has 3 aromatic rings. The summed E-state index contributed by atoms with van der Waals surface area (Å²) in [4.78, 5) is 33.9. The lowest BCUT2D eigenvalue weighted by atomic mass is 9.85. The van der Waals surface area contributed by atoms with Gasteiger partial charge in [-0.1, -0.05) is 63.2 Å². The number of hydrogen-bond acceptors (Lipinski definition) is 2. The number of rotatable bonds is 4. The van der Waals surface area contributed by atoms with Crippen LogP contribution in [-0.4, -0.2) is 45.7 Å². The minimum absolute atomic E-state index is 0.0280. The van der Waals surface area contributed by atoms with Crippen molar-refractivity contribution in [2.45, 2.75) is 51.6 Å². The first-order chi connectivity index (χ1) is 15.0. The van der Waals surface area contributed by atoms with Crippen molar-refractivity contribution in [3.05, 3.63) is 70.9 Å². The number of piperazine rings is 1. The first kappa shape index (κ1) is 19.9. The van der Waals surface area contributed by atoms with Gasteiger partial charge in [0.15, 0.2) is 0 Å². The Morgan fingerprint density at radius 2 is 1.81 bits per heavy atom. The topological polar surface area (TPSA) is 56.4 Å². The van der Waals surface area contributed by atoms with Gasteiger partial charge in [0.1, 0.15) is 6.04 Å². The van der Waals surface area contributed by atoms with E-state index in [-0.39, 0.29) is 24.4 Å². The van der Waals surface area contributed by atoms with Crippen molar-refractivity contribution in [2.75, 3.05) is 13.1 Å². The highest BCUT2D eigenvalue weighted by atomic mass is 16.2. The Balaban J connectivity index is 1.67. The number of benzene rings is 2. The van der Waals surface area contributed by atoms with Gasteiger partial charge in [-0.05, 0) is 35.1 Å². The zero-order valence-electron chi connectivity index (χ0n) is 18.4. The summed E-state index contributed by atoms with van der Waals surface area (Å²) in [7, 11) is 0. The lowest BCUT2D eigenvalue weighted by Gasteiger charge is -2.47. The molecular formula is C26H29N3O2. The molecule has 0 aliphatic carbocycles. The van der Waals surface area contributed by atoms with Gasteiger partial charge in [-0.15, -0.1) is 0 Å². The van der Waals surface area contributed by atoms with Crippen LogP contribution in [0.25, 0.3) is 10.9 Å². The Labute approximate surface area is 183 Å². The first-order valence-corrected chi connectivity index (χ1v) is 11.3. The molecule has 2 atom stereocenters. The number of aromatic amines is 1. The van der Waals surface area contributed by atoms with Crippen molar-refractivity contribution in [3.8, 4) is 0 Å². The monoisotopic (exact) mass is 415 g/mol. The molecule has 2 aliphatic heterocycles. The molecule has 2 amide bonds. The molecule has 0 radical (unpaired) electrons. The van der Waals surface area contributed by atoms with E-state index < -0.39 is 6.04 Å². The summed E-state index contributed by atoms with van der Waals surface area (Å²) >= 11 is 0. The average molecular weight is 416 g/mol. The van der Waals surface area contributed by atoms with Crippen molar-refractivity contribution in [1.29, 1.82) is 0 Å². The van der Waals surface area contributed by atoms with Crippen LogP contribution in [0.1, 0.15) is 61.5 Å². The molecular weight excluding hydrogens is 386 g/mol. The molecule has 1 fully saturated rings. The summed E-state index contributed by atoms with van der Waals surface area (Å²) in [6, 6.07) is 16.0. The Kier molecular flexibility index (Phi) is 4.84. The largest absolute Gasteiger partial charge is 0.356 e. The van der Waals surface area contributed by atoms with Crippen LogP contribution in [0.15, 0.2) is 48.5 Å². The Morgan fingerprint density at radius 1 is 1.06 bits per heavy atom. The number of hydrogen-bond donors (Lipinski definition) is 1. The zero-order valence-corrected chi connectivity index (χ0v) is 18.4. The highest BCUT2D eigenvalue weighted by Crippen LogP contribution is 2.42. The number of para-hydroxylation sites is 1. The molecule has 160 valence electrons. The maximum Gasteiger partial charge on any atom is 0.246 e. The minimum atomic E-state index is -0.450. The van der Waals surface area contributed by atoms with Crippen LogP contribution in [0, 0.1) is 0 Å². The molecule has 1 aromatic heterocycles. The van der Waals surface area contributed by atoms with Gasteiger partial charge in [-0.3, -0.25) is 9.59 Å². The molecule has 1 N–H and O–H groups in total. The van der Waals surface area contributed by atoms with E-state index in [1.807, 2.05) is 24.0 Å². The fraction of sp³-hybridized carbons (Fsp3) is 0.385. The molecule has 5 heteroatoms. The number of nitrogens with zero attached hydrogens (tertiary/aromatic N) is 2. The van der Waals surface area contributed by atoms with Crippen LogP contribution < -0.4 is 0 Å². The summed E-state index contributed by atoms with van der Waals surface area (Å²) in [6.07, 6.45) is 1.41. The van der Waals surface area contributed by atoms with E-state index in [2.05, 4.69) is 55.2 Å². The number of carbonyl (C=O) groups excluding carboxylic acids is 2. The fourth-order valence-electron chi connectivity index (χ4n) is 5.19. The number of amides is 2. The van der Waals surface area contributed by atoms with Gasteiger partial charge in [0.25, 0.3) is 0 Å². The van der Waals surface area contributed by atoms with Crippen molar-refractivity contribution >= 4 is 22.7 Å². The SMILES string of the molecule is CCCN1CC(=O)N2C(c3ccc(C(C)C)cc3)c3[nH]c4ccccc4c3C[C@H]2C1=O. The van der Waals surface area contributed by atoms with Crippen LogP contribution in [0.4, 0.5) is 0 Å². The standard InChI is InChI=1S/C26H29N3O2/c1-4-13-28-15-23(30)29-22(26(28)31)14-20-19-7-5-6-8-21(19)27-24(20)25(29)18-11-9-17(10-12-18)16(2)3/h5-12,16,22,25,27H,4,13-15H2,1-3H3/t22-,25?/m0/s1. The highest BCUT2D eigenvalue weighted by molar-refractivity contribution is 5.97. The van der Waals surface area contributed by atoms with Gasteiger partial charge in [0.05, 0.1) is 12.6 Å². The molecule has 5 rings (SSSR count). The maximum absolute atomic E-state index is 13.4. The number of carbonyl (C=O) groups is 2. The summed E-state index contributed by atoms with van der Waals surface area (Å²) in [5.41, 5.74) is 5.57. The average Bonchev–Trinajstić information content (AvgIpc) is 3.14. The normalized spacial score (nSPS) is 21.0. The Morgan fingerprint density at radius 3 is 2.52 bits per heavy atom. The van der Waals surface area contributed by atoms with Crippen molar-refractivity contribution in [1.82, 2.24) is 14.8 Å². The zero-order chi connectivity index (χ0) is 21.7. The van der Waals surface area contributed by atoms with E-state index in [9.17, 15) is 9.59 Å². The van der Waals surface area contributed by atoms with Crippen LogP contribution in [-0.2, 0) is 16.0 Å². The molecule has 0 spiro atoms. The summed E-state index contributed by atoms with van der Waals surface area (Å²) in [5.74, 6) is 0.541. The molecule has 2 aromatic carbocycles. The van der Waals surface area contributed by atoms with Gasteiger partial charge in [-0.2, -0.15) is 0 Å². The number of H-pyrrole nitrogens is 1. The molecule has 31 heavy (non-hydrogen) atoms. The molecule has 0 bridgehead atoms. The van der Waals surface area contributed by atoms with Gasteiger partial charge in [-0.25, -0.2) is 0 Å². The van der Waals surface area contributed by atoms with E-state index in [1.54, 1.807) is 4.90 Å². The summed E-state index contributed by atoms with van der Waals surface area (Å²) in [6.45, 7) is 7.19. The molecule has 5 nitrogen and oxygen atoms in total. The quantitative estimate of drug-likeness (QED) is 0.687. The second-order valence-electron chi connectivity index (χ2n) is 9.07. The van der Waals surface area contributed by atoms with E-state index >= 15 is 0 Å². The third kappa shape index (κ3) is 3.14. The van der Waals surface area contributed by atoms with E-state index in [0.29, 0.717) is 18.9 Å². The van der Waals surface area contributed by atoms with Crippen molar-refractivity contribution < 1.29 is 9.59 Å². The lowest BCUT2D eigenvalue weighted by molar-refractivity contribution is -0.158. The smallest absolute Gasteiger partial charge is 0.246 e. The number of aromatic nitrogens is 1. The molecule has 1 saturated heterocycles. The maximum atomic E-state index is 13.4. The predicted molar refractivity (Wildman–Crippen MR) is 122 cm³/mol. The van der Waals surface area contributed by atoms with Crippen LogP contribution in [0.3, 0.4) is 0 Å². The first-order valence-electron chi connectivity index (χ1n) is 11.3. The molecule has 1 unspecified atom stereocenters. The molecule has 2 aliphatic rings.